The Morgan fingerprint density at radius 3 is 2.43 bits per heavy atom. The van der Waals surface area contributed by atoms with Gasteiger partial charge in [0.25, 0.3) is 0 Å². The van der Waals surface area contributed by atoms with Crippen LogP contribution in [0.3, 0.4) is 0 Å². The third-order valence-electron chi connectivity index (χ3n) is 5.11. The van der Waals surface area contributed by atoms with Gasteiger partial charge in [-0.05, 0) is 57.2 Å². The zero-order chi connectivity index (χ0) is 15.9. The second-order valence-electron chi connectivity index (χ2n) is 6.30. The number of benzene rings is 1. The predicted octanol–water partition coefficient (Wildman–Crippen LogP) is 3.51. The minimum absolute atomic E-state index is 0.0803. The highest BCUT2D eigenvalue weighted by Gasteiger charge is 2.42. The second kappa shape index (κ2) is 5.24. The number of hydrogen-bond acceptors (Lipinski definition) is 3. The number of carboxylic acids is 1. The van der Waals surface area contributed by atoms with E-state index in [0.717, 1.165) is 34.4 Å². The fourth-order valence-electron chi connectivity index (χ4n) is 3.19. The zero-order valence-corrected chi connectivity index (χ0v) is 13.4. The molecule has 0 saturated heterocycles. The van der Waals surface area contributed by atoms with Gasteiger partial charge < -0.3 is 14.9 Å². The molecule has 0 bridgehead atoms. The molecule has 0 fully saturated rings. The molecule has 2 atom stereocenters. The normalized spacial score (nSPS) is 24.3. The summed E-state index contributed by atoms with van der Waals surface area (Å²) in [6.07, 6.45) is 1.46. The van der Waals surface area contributed by atoms with Crippen molar-refractivity contribution in [3.63, 3.8) is 0 Å². The van der Waals surface area contributed by atoms with Gasteiger partial charge >= 0.3 is 5.97 Å². The van der Waals surface area contributed by atoms with Crippen molar-refractivity contribution >= 4 is 5.97 Å². The smallest absolute Gasteiger partial charge is 0.303 e. The van der Waals surface area contributed by atoms with Gasteiger partial charge in [0.05, 0.1) is 6.42 Å². The SMILES string of the molecule is CCC1(C)Oc2c(C)c(C)c(O)c(C)c2CC1CC(=O)O. The van der Waals surface area contributed by atoms with Crippen LogP contribution in [0.4, 0.5) is 0 Å². The molecular weight excluding hydrogens is 268 g/mol. The van der Waals surface area contributed by atoms with Crippen LogP contribution in [0.1, 0.15) is 48.9 Å². The fraction of sp³-hybridized carbons (Fsp3) is 0.588. The van der Waals surface area contributed by atoms with E-state index in [0.29, 0.717) is 12.2 Å². The van der Waals surface area contributed by atoms with Crippen molar-refractivity contribution in [2.24, 2.45) is 5.92 Å². The Morgan fingerprint density at radius 2 is 1.90 bits per heavy atom. The Labute approximate surface area is 125 Å². The molecule has 2 rings (SSSR count). The molecule has 1 aromatic carbocycles. The van der Waals surface area contributed by atoms with Crippen molar-refractivity contribution in [1.29, 1.82) is 0 Å². The van der Waals surface area contributed by atoms with Crippen LogP contribution in [0.5, 0.6) is 11.5 Å². The van der Waals surface area contributed by atoms with E-state index < -0.39 is 11.6 Å². The fourth-order valence-corrected chi connectivity index (χ4v) is 3.19. The molecule has 0 spiro atoms. The standard InChI is InChI=1S/C17H24O4/c1-6-17(5)12(8-14(18)19)7-13-11(4)15(20)9(2)10(3)16(13)21-17/h12,20H,6-8H2,1-5H3,(H,18,19). The highest BCUT2D eigenvalue weighted by atomic mass is 16.5. The molecule has 4 heteroatoms. The quantitative estimate of drug-likeness (QED) is 0.894. The third-order valence-corrected chi connectivity index (χ3v) is 5.11. The highest BCUT2D eigenvalue weighted by Crippen LogP contribution is 2.46. The lowest BCUT2D eigenvalue weighted by Gasteiger charge is -2.43. The minimum atomic E-state index is -0.808. The maximum absolute atomic E-state index is 11.2. The van der Waals surface area contributed by atoms with Crippen molar-refractivity contribution in [3.05, 3.63) is 22.3 Å². The summed E-state index contributed by atoms with van der Waals surface area (Å²) >= 11 is 0. The summed E-state index contributed by atoms with van der Waals surface area (Å²) in [7, 11) is 0. The molecule has 0 radical (unpaired) electrons. The Kier molecular flexibility index (Phi) is 3.91. The van der Waals surface area contributed by atoms with Gasteiger partial charge in [-0.1, -0.05) is 6.92 Å². The van der Waals surface area contributed by atoms with E-state index in [1.165, 1.54) is 0 Å². The lowest BCUT2D eigenvalue weighted by atomic mass is 9.76. The number of fused-ring (bicyclic) bond motifs is 1. The summed E-state index contributed by atoms with van der Waals surface area (Å²) in [6, 6.07) is 0. The van der Waals surface area contributed by atoms with Crippen LogP contribution < -0.4 is 4.74 Å². The molecule has 1 aromatic rings. The largest absolute Gasteiger partial charge is 0.507 e. The number of aliphatic carboxylic acids is 1. The van der Waals surface area contributed by atoms with Crippen LogP contribution in [-0.2, 0) is 11.2 Å². The molecule has 1 aliphatic rings. The van der Waals surface area contributed by atoms with Crippen LogP contribution in [0, 0.1) is 26.7 Å². The zero-order valence-electron chi connectivity index (χ0n) is 13.4. The summed E-state index contributed by atoms with van der Waals surface area (Å²) in [5, 5.41) is 19.4. The number of carboxylic acid groups (broad SMARTS) is 1. The predicted molar refractivity (Wildman–Crippen MR) is 81.1 cm³/mol. The van der Waals surface area contributed by atoms with Gasteiger partial charge in [-0.2, -0.15) is 0 Å². The average molecular weight is 292 g/mol. The molecule has 0 aliphatic carbocycles. The molecule has 0 amide bonds. The van der Waals surface area contributed by atoms with Crippen molar-refractivity contribution in [2.45, 2.75) is 59.5 Å². The first kappa shape index (κ1) is 15.7. The third kappa shape index (κ3) is 2.47. The van der Waals surface area contributed by atoms with Crippen LogP contribution in [0.15, 0.2) is 0 Å². The van der Waals surface area contributed by atoms with E-state index in [4.69, 9.17) is 9.84 Å². The molecule has 1 heterocycles. The second-order valence-corrected chi connectivity index (χ2v) is 6.30. The maximum Gasteiger partial charge on any atom is 0.303 e. The monoisotopic (exact) mass is 292 g/mol. The molecular formula is C17H24O4. The van der Waals surface area contributed by atoms with Crippen molar-refractivity contribution in [3.8, 4) is 11.5 Å². The summed E-state index contributed by atoms with van der Waals surface area (Å²) in [5.74, 6) is 0.225. The van der Waals surface area contributed by atoms with Crippen LogP contribution in [0.25, 0.3) is 0 Å². The van der Waals surface area contributed by atoms with Gasteiger partial charge in [-0.25, -0.2) is 0 Å². The lowest BCUT2D eigenvalue weighted by molar-refractivity contribution is -0.140. The summed E-state index contributed by atoms with van der Waals surface area (Å²) in [6.45, 7) is 9.71. The number of hydrogen-bond donors (Lipinski definition) is 2. The molecule has 0 saturated carbocycles. The Hall–Kier alpha value is -1.71. The molecule has 21 heavy (non-hydrogen) atoms. The maximum atomic E-state index is 11.2. The number of aromatic hydroxyl groups is 1. The van der Waals surface area contributed by atoms with Crippen molar-refractivity contribution < 1.29 is 19.7 Å². The van der Waals surface area contributed by atoms with E-state index in [1.54, 1.807) is 0 Å². The summed E-state index contributed by atoms with van der Waals surface area (Å²) in [4.78, 5) is 11.2. The number of ether oxygens (including phenoxy) is 1. The van der Waals surface area contributed by atoms with Gasteiger partial charge in [-0.15, -0.1) is 0 Å². The highest BCUT2D eigenvalue weighted by molar-refractivity contribution is 5.68. The van der Waals surface area contributed by atoms with Crippen LogP contribution in [0.2, 0.25) is 0 Å². The molecule has 4 nitrogen and oxygen atoms in total. The first-order chi connectivity index (χ1) is 9.71. The summed E-state index contributed by atoms with van der Waals surface area (Å²) in [5.41, 5.74) is 3.06. The van der Waals surface area contributed by atoms with Crippen molar-refractivity contribution in [1.82, 2.24) is 0 Å². The van der Waals surface area contributed by atoms with Gasteiger partial charge in [0.15, 0.2) is 0 Å². The van der Waals surface area contributed by atoms with Crippen LogP contribution >= 0.6 is 0 Å². The number of carbonyl (C=O) groups is 1. The molecule has 2 N–H and O–H groups in total. The lowest BCUT2D eigenvalue weighted by Crippen LogP contribution is -2.45. The Morgan fingerprint density at radius 1 is 1.29 bits per heavy atom. The van der Waals surface area contributed by atoms with E-state index in [1.807, 2.05) is 34.6 Å². The van der Waals surface area contributed by atoms with E-state index in [-0.39, 0.29) is 12.3 Å². The molecule has 116 valence electrons. The van der Waals surface area contributed by atoms with Gasteiger partial charge in [0, 0.05) is 11.5 Å². The first-order valence-corrected chi connectivity index (χ1v) is 7.43. The number of rotatable bonds is 3. The van der Waals surface area contributed by atoms with Crippen molar-refractivity contribution in [2.75, 3.05) is 0 Å². The molecule has 1 aliphatic heterocycles. The van der Waals surface area contributed by atoms with Gasteiger partial charge in [0.1, 0.15) is 17.1 Å². The summed E-state index contributed by atoms with van der Waals surface area (Å²) < 4.78 is 6.26. The van der Waals surface area contributed by atoms with E-state index in [9.17, 15) is 9.90 Å². The average Bonchev–Trinajstić information content (AvgIpc) is 2.44. The topological polar surface area (TPSA) is 66.8 Å². The Balaban J connectivity index is 2.57. The van der Waals surface area contributed by atoms with E-state index >= 15 is 0 Å². The molecule has 0 aromatic heterocycles. The minimum Gasteiger partial charge on any atom is -0.507 e. The van der Waals surface area contributed by atoms with E-state index in [2.05, 4.69) is 0 Å². The molecule has 2 unspecified atom stereocenters. The van der Waals surface area contributed by atoms with Gasteiger partial charge in [0.2, 0.25) is 0 Å². The van der Waals surface area contributed by atoms with Gasteiger partial charge in [-0.3, -0.25) is 4.79 Å². The van der Waals surface area contributed by atoms with Crippen LogP contribution in [-0.4, -0.2) is 21.8 Å². The Bertz CT molecular complexity index is 591. The number of phenolic OH excluding ortho intramolecular Hbond substituents is 1. The number of phenols is 1. The first-order valence-electron chi connectivity index (χ1n) is 7.43.